The molecule has 0 unspecified atom stereocenters. The van der Waals surface area contributed by atoms with Crippen LogP contribution in [0.25, 0.3) is 0 Å². The van der Waals surface area contributed by atoms with Crippen LogP contribution in [0.3, 0.4) is 0 Å². The van der Waals surface area contributed by atoms with E-state index in [0.29, 0.717) is 0 Å². The second-order valence-electron chi connectivity index (χ2n) is 4.69. The molecule has 0 aromatic heterocycles. The Morgan fingerprint density at radius 3 is 2.39 bits per heavy atom. The number of nitro groups is 1. The molecule has 2 aromatic rings. The van der Waals surface area contributed by atoms with Gasteiger partial charge >= 0.3 is 6.18 Å². The summed E-state index contributed by atoms with van der Waals surface area (Å²) >= 11 is 0. The Kier molecular flexibility index (Phi) is 4.35. The van der Waals surface area contributed by atoms with Gasteiger partial charge in [0.15, 0.2) is 0 Å². The van der Waals surface area contributed by atoms with E-state index in [4.69, 9.17) is 0 Å². The van der Waals surface area contributed by atoms with Crippen molar-refractivity contribution in [2.24, 2.45) is 0 Å². The molecule has 0 spiro atoms. The Morgan fingerprint density at radius 2 is 1.78 bits per heavy atom. The maximum Gasteiger partial charge on any atom is 0.416 e. The van der Waals surface area contributed by atoms with Crippen LogP contribution in [0.1, 0.15) is 15.9 Å². The minimum Gasteiger partial charge on any atom is -0.311 e. The first-order valence-electron chi connectivity index (χ1n) is 6.40. The van der Waals surface area contributed by atoms with Gasteiger partial charge < -0.3 is 4.90 Å². The summed E-state index contributed by atoms with van der Waals surface area (Å²) in [5.41, 5.74) is -1.52. The van der Waals surface area contributed by atoms with Crippen LogP contribution >= 0.6 is 0 Å². The van der Waals surface area contributed by atoms with Crippen molar-refractivity contribution < 1.29 is 22.9 Å². The molecule has 120 valence electrons. The van der Waals surface area contributed by atoms with Crippen LogP contribution in [-0.4, -0.2) is 17.9 Å². The van der Waals surface area contributed by atoms with E-state index >= 15 is 0 Å². The van der Waals surface area contributed by atoms with Crippen LogP contribution in [0.4, 0.5) is 24.5 Å². The normalized spacial score (nSPS) is 11.1. The van der Waals surface area contributed by atoms with Crippen molar-refractivity contribution in [1.29, 1.82) is 0 Å². The lowest BCUT2D eigenvalue weighted by Gasteiger charge is -2.18. The van der Waals surface area contributed by atoms with E-state index in [0.717, 1.165) is 23.1 Å². The highest BCUT2D eigenvalue weighted by molar-refractivity contribution is 6.08. The van der Waals surface area contributed by atoms with E-state index in [1.807, 2.05) is 0 Å². The van der Waals surface area contributed by atoms with Crippen molar-refractivity contribution in [2.45, 2.75) is 6.18 Å². The number of nitro benzene ring substituents is 1. The second-order valence-corrected chi connectivity index (χ2v) is 4.69. The fourth-order valence-corrected chi connectivity index (χ4v) is 2.00. The maximum atomic E-state index is 12.7. The Morgan fingerprint density at radius 1 is 1.13 bits per heavy atom. The van der Waals surface area contributed by atoms with E-state index < -0.39 is 28.3 Å². The second kappa shape index (κ2) is 6.07. The SMILES string of the molecule is CN(C(=O)c1ccccc1[N+](=O)[O-])c1cccc(C(F)(F)F)c1. The molecule has 0 saturated carbocycles. The number of alkyl halides is 3. The first kappa shape index (κ1) is 16.5. The fraction of sp³-hybridized carbons (Fsp3) is 0.133. The highest BCUT2D eigenvalue weighted by Gasteiger charge is 2.31. The molecule has 0 bridgehead atoms. The summed E-state index contributed by atoms with van der Waals surface area (Å²) < 4.78 is 38.2. The van der Waals surface area contributed by atoms with E-state index in [2.05, 4.69) is 0 Å². The van der Waals surface area contributed by atoms with Crippen LogP contribution in [0.15, 0.2) is 48.5 Å². The topological polar surface area (TPSA) is 63.5 Å². The molecule has 0 aliphatic heterocycles. The molecule has 0 atom stereocenters. The molecule has 2 rings (SSSR count). The van der Waals surface area contributed by atoms with Crippen molar-refractivity contribution in [2.75, 3.05) is 11.9 Å². The average molecular weight is 324 g/mol. The van der Waals surface area contributed by atoms with Gasteiger partial charge in [0, 0.05) is 18.8 Å². The summed E-state index contributed by atoms with van der Waals surface area (Å²) in [7, 11) is 1.26. The molecule has 23 heavy (non-hydrogen) atoms. The van der Waals surface area contributed by atoms with Gasteiger partial charge in [0.1, 0.15) is 5.56 Å². The molecule has 0 aliphatic rings. The zero-order valence-corrected chi connectivity index (χ0v) is 11.9. The molecule has 0 heterocycles. The third-order valence-corrected chi connectivity index (χ3v) is 3.20. The standard InChI is InChI=1S/C15H11F3N2O3/c1-19(11-6-4-5-10(9-11)15(16,17)18)14(21)12-7-2-3-8-13(12)20(22)23/h2-9H,1H3. The Balaban J connectivity index is 2.40. The lowest BCUT2D eigenvalue weighted by molar-refractivity contribution is -0.385. The Labute approximate surface area is 129 Å². The predicted molar refractivity (Wildman–Crippen MR) is 77.3 cm³/mol. The number of hydrogen-bond acceptors (Lipinski definition) is 3. The minimum absolute atomic E-state index is 0.0111. The number of halogens is 3. The van der Waals surface area contributed by atoms with Crippen LogP contribution in [0, 0.1) is 10.1 Å². The van der Waals surface area contributed by atoms with Crippen molar-refractivity contribution >= 4 is 17.3 Å². The van der Waals surface area contributed by atoms with Gasteiger partial charge in [0.05, 0.1) is 10.5 Å². The van der Waals surface area contributed by atoms with Crippen molar-refractivity contribution in [3.05, 3.63) is 69.8 Å². The first-order valence-corrected chi connectivity index (χ1v) is 6.40. The summed E-state index contributed by atoms with van der Waals surface area (Å²) in [5.74, 6) is -0.767. The average Bonchev–Trinajstić information content (AvgIpc) is 2.52. The third-order valence-electron chi connectivity index (χ3n) is 3.20. The van der Waals surface area contributed by atoms with Crippen LogP contribution < -0.4 is 4.90 Å². The van der Waals surface area contributed by atoms with Crippen LogP contribution in [0.2, 0.25) is 0 Å². The summed E-state index contributed by atoms with van der Waals surface area (Å²) in [6.07, 6.45) is -4.54. The summed E-state index contributed by atoms with van der Waals surface area (Å²) in [5, 5.41) is 11.0. The highest BCUT2D eigenvalue weighted by atomic mass is 19.4. The molecule has 0 saturated heterocycles. The number of carbonyl (C=O) groups excluding carboxylic acids is 1. The maximum absolute atomic E-state index is 12.7. The number of para-hydroxylation sites is 1. The van der Waals surface area contributed by atoms with Crippen molar-refractivity contribution in [1.82, 2.24) is 0 Å². The predicted octanol–water partition coefficient (Wildman–Crippen LogP) is 3.89. The first-order chi connectivity index (χ1) is 10.7. The fourth-order valence-electron chi connectivity index (χ4n) is 2.00. The van der Waals surface area contributed by atoms with Gasteiger partial charge in [-0.05, 0) is 24.3 Å². The van der Waals surface area contributed by atoms with Gasteiger partial charge in [-0.1, -0.05) is 18.2 Å². The molecule has 8 heteroatoms. The zero-order chi connectivity index (χ0) is 17.2. The lowest BCUT2D eigenvalue weighted by atomic mass is 10.1. The van der Waals surface area contributed by atoms with Gasteiger partial charge in [0.25, 0.3) is 11.6 Å². The number of benzene rings is 2. The monoisotopic (exact) mass is 324 g/mol. The van der Waals surface area contributed by atoms with Gasteiger partial charge in [-0.3, -0.25) is 14.9 Å². The van der Waals surface area contributed by atoms with Crippen molar-refractivity contribution in [3.8, 4) is 0 Å². The van der Waals surface area contributed by atoms with E-state index in [1.165, 1.54) is 37.4 Å². The molecule has 1 amide bonds. The number of anilines is 1. The minimum atomic E-state index is -4.54. The van der Waals surface area contributed by atoms with Gasteiger partial charge in [0.2, 0.25) is 0 Å². The molecule has 5 nitrogen and oxygen atoms in total. The summed E-state index contributed by atoms with van der Waals surface area (Å²) in [6.45, 7) is 0. The molecule has 0 radical (unpaired) electrons. The quantitative estimate of drug-likeness (QED) is 0.635. The lowest BCUT2D eigenvalue weighted by Crippen LogP contribution is -2.27. The number of nitrogens with zero attached hydrogens (tertiary/aromatic N) is 2. The molecule has 2 aromatic carbocycles. The van der Waals surface area contributed by atoms with E-state index in [-0.39, 0.29) is 11.3 Å². The van der Waals surface area contributed by atoms with Crippen LogP contribution in [0.5, 0.6) is 0 Å². The van der Waals surface area contributed by atoms with E-state index in [1.54, 1.807) is 0 Å². The summed E-state index contributed by atoms with van der Waals surface area (Å²) in [4.78, 5) is 23.6. The number of amides is 1. The van der Waals surface area contributed by atoms with Gasteiger partial charge in [-0.25, -0.2) is 0 Å². The van der Waals surface area contributed by atoms with Crippen molar-refractivity contribution in [3.63, 3.8) is 0 Å². The molecule has 0 fully saturated rings. The third kappa shape index (κ3) is 3.47. The molecule has 0 aliphatic carbocycles. The smallest absolute Gasteiger partial charge is 0.311 e. The zero-order valence-electron chi connectivity index (χ0n) is 11.9. The molecule has 0 N–H and O–H groups in total. The molecular formula is C15H11F3N2O3. The van der Waals surface area contributed by atoms with Gasteiger partial charge in [-0.2, -0.15) is 13.2 Å². The highest BCUT2D eigenvalue weighted by Crippen LogP contribution is 2.32. The number of rotatable bonds is 3. The Bertz CT molecular complexity index is 760. The molecular weight excluding hydrogens is 313 g/mol. The number of carbonyl (C=O) groups is 1. The van der Waals surface area contributed by atoms with Gasteiger partial charge in [-0.15, -0.1) is 0 Å². The largest absolute Gasteiger partial charge is 0.416 e. The van der Waals surface area contributed by atoms with E-state index in [9.17, 15) is 28.1 Å². The number of hydrogen-bond donors (Lipinski definition) is 0. The van der Waals surface area contributed by atoms with Crippen LogP contribution in [-0.2, 0) is 6.18 Å². The Hall–Kier alpha value is -2.90. The summed E-state index contributed by atoms with van der Waals surface area (Å²) in [6, 6.07) is 9.44.